The van der Waals surface area contributed by atoms with Crippen molar-refractivity contribution in [3.63, 3.8) is 0 Å². The summed E-state index contributed by atoms with van der Waals surface area (Å²) in [5.74, 6) is 0.505. The van der Waals surface area contributed by atoms with Gasteiger partial charge >= 0.3 is 0 Å². The Balaban J connectivity index is 1.70. The fraction of sp³-hybridized carbons (Fsp3) is 0.278. The third kappa shape index (κ3) is 4.08. The number of carbonyl (C=O) groups is 1. The van der Waals surface area contributed by atoms with Crippen LogP contribution in [-0.4, -0.2) is 36.9 Å². The van der Waals surface area contributed by atoms with Gasteiger partial charge in [-0.3, -0.25) is 4.79 Å². The summed E-state index contributed by atoms with van der Waals surface area (Å²) in [6.07, 6.45) is 8.02. The smallest absolute Gasteiger partial charge is 0.224 e. The number of amides is 1. The molecule has 8 heteroatoms. The van der Waals surface area contributed by atoms with Crippen molar-refractivity contribution < 1.29 is 4.79 Å². The lowest BCUT2D eigenvalue weighted by Crippen LogP contribution is -2.16. The second-order valence-electron chi connectivity index (χ2n) is 5.73. The van der Waals surface area contributed by atoms with Crippen molar-refractivity contribution in [2.24, 2.45) is 0 Å². The fourth-order valence-corrected chi connectivity index (χ4v) is 3.14. The molecule has 3 rings (SSSR count). The maximum absolute atomic E-state index is 12.4. The summed E-state index contributed by atoms with van der Waals surface area (Å²) < 4.78 is 1.62. The second-order valence-corrected chi connectivity index (χ2v) is 6.51. The first-order chi connectivity index (χ1) is 12.6. The van der Waals surface area contributed by atoms with E-state index in [-0.39, 0.29) is 5.91 Å². The molecule has 0 saturated heterocycles. The summed E-state index contributed by atoms with van der Waals surface area (Å²) in [5, 5.41) is 7.85. The van der Waals surface area contributed by atoms with Gasteiger partial charge in [0.05, 0.1) is 5.69 Å². The maximum Gasteiger partial charge on any atom is 0.224 e. The van der Waals surface area contributed by atoms with Crippen LogP contribution in [0.4, 0.5) is 5.69 Å². The van der Waals surface area contributed by atoms with E-state index in [0.29, 0.717) is 24.3 Å². The molecule has 26 heavy (non-hydrogen) atoms. The van der Waals surface area contributed by atoms with E-state index < -0.39 is 0 Å². The quantitative estimate of drug-likeness (QED) is 0.532. The molecule has 0 spiro atoms. The Kier molecular flexibility index (Phi) is 5.62. The molecule has 3 heterocycles. The lowest BCUT2D eigenvalue weighted by atomic mass is 10.1. The summed E-state index contributed by atoms with van der Waals surface area (Å²) in [6, 6.07) is 5.41. The van der Waals surface area contributed by atoms with E-state index in [0.717, 1.165) is 22.1 Å². The number of pyridine rings is 1. The third-order valence-electron chi connectivity index (χ3n) is 3.97. The number of aromatic nitrogens is 5. The lowest BCUT2D eigenvalue weighted by molar-refractivity contribution is -0.116. The van der Waals surface area contributed by atoms with Crippen molar-refractivity contribution in [1.29, 1.82) is 0 Å². The van der Waals surface area contributed by atoms with Gasteiger partial charge in [0.2, 0.25) is 5.91 Å². The number of carbonyl (C=O) groups excluding carboxylic acids is 1. The molecule has 0 aliphatic rings. The number of nitrogens with zero attached hydrogens (tertiary/aromatic N) is 5. The van der Waals surface area contributed by atoms with Crippen LogP contribution >= 0.6 is 11.8 Å². The average molecular weight is 368 g/mol. The number of rotatable bonds is 6. The second kappa shape index (κ2) is 8.09. The van der Waals surface area contributed by atoms with Gasteiger partial charge in [0.15, 0.2) is 11.0 Å². The SMILES string of the molecule is CSc1nc(C)c(CCC(=O)Nc2cccnc2-n2cccn2)c(C)n1. The molecule has 0 fully saturated rings. The maximum atomic E-state index is 12.4. The van der Waals surface area contributed by atoms with E-state index in [1.54, 1.807) is 29.3 Å². The van der Waals surface area contributed by atoms with Gasteiger partial charge in [-0.05, 0) is 50.3 Å². The Morgan fingerprint density at radius 3 is 2.62 bits per heavy atom. The van der Waals surface area contributed by atoms with Crippen LogP contribution in [0.3, 0.4) is 0 Å². The van der Waals surface area contributed by atoms with E-state index in [1.165, 1.54) is 11.8 Å². The predicted octanol–water partition coefficient (Wildman–Crippen LogP) is 2.97. The molecular weight excluding hydrogens is 348 g/mol. The summed E-state index contributed by atoms with van der Waals surface area (Å²) >= 11 is 1.52. The van der Waals surface area contributed by atoms with Gasteiger partial charge in [0.1, 0.15) is 0 Å². The van der Waals surface area contributed by atoms with Crippen LogP contribution in [0.2, 0.25) is 0 Å². The Bertz CT molecular complexity index is 887. The van der Waals surface area contributed by atoms with E-state index in [9.17, 15) is 4.79 Å². The minimum Gasteiger partial charge on any atom is -0.323 e. The topological polar surface area (TPSA) is 85.6 Å². The van der Waals surface area contributed by atoms with Crippen molar-refractivity contribution in [2.75, 3.05) is 11.6 Å². The minimum absolute atomic E-state index is 0.0841. The van der Waals surface area contributed by atoms with Crippen LogP contribution in [0, 0.1) is 13.8 Å². The summed E-state index contributed by atoms with van der Waals surface area (Å²) in [6.45, 7) is 3.91. The van der Waals surface area contributed by atoms with Crippen molar-refractivity contribution in [1.82, 2.24) is 24.7 Å². The van der Waals surface area contributed by atoms with Gasteiger partial charge in [-0.15, -0.1) is 0 Å². The number of aryl methyl sites for hydroxylation is 2. The van der Waals surface area contributed by atoms with E-state index >= 15 is 0 Å². The zero-order valence-corrected chi connectivity index (χ0v) is 15.7. The molecular formula is C18H20N6OS. The molecule has 0 unspecified atom stereocenters. The van der Waals surface area contributed by atoms with E-state index in [2.05, 4.69) is 25.4 Å². The zero-order chi connectivity index (χ0) is 18.5. The summed E-state index contributed by atoms with van der Waals surface area (Å²) in [5.41, 5.74) is 3.50. The molecule has 0 aromatic carbocycles. The molecule has 0 radical (unpaired) electrons. The van der Waals surface area contributed by atoms with Crippen molar-refractivity contribution >= 4 is 23.4 Å². The first kappa shape index (κ1) is 18.1. The van der Waals surface area contributed by atoms with Crippen LogP contribution in [0.25, 0.3) is 5.82 Å². The van der Waals surface area contributed by atoms with Gasteiger partial charge < -0.3 is 5.32 Å². The van der Waals surface area contributed by atoms with Crippen LogP contribution in [0.15, 0.2) is 41.9 Å². The van der Waals surface area contributed by atoms with Crippen molar-refractivity contribution in [3.8, 4) is 5.82 Å². The van der Waals surface area contributed by atoms with Gasteiger partial charge in [0.25, 0.3) is 0 Å². The highest BCUT2D eigenvalue weighted by Crippen LogP contribution is 2.19. The predicted molar refractivity (Wildman–Crippen MR) is 102 cm³/mol. The third-order valence-corrected chi connectivity index (χ3v) is 4.51. The molecule has 0 aliphatic carbocycles. The largest absolute Gasteiger partial charge is 0.323 e. The first-order valence-electron chi connectivity index (χ1n) is 8.21. The minimum atomic E-state index is -0.0841. The normalized spacial score (nSPS) is 10.7. The zero-order valence-electron chi connectivity index (χ0n) is 14.9. The number of nitrogens with one attached hydrogen (secondary N) is 1. The van der Waals surface area contributed by atoms with Gasteiger partial charge in [-0.25, -0.2) is 19.6 Å². The van der Waals surface area contributed by atoms with E-state index in [1.807, 2.05) is 32.2 Å². The molecule has 3 aromatic rings. The van der Waals surface area contributed by atoms with Crippen molar-refractivity contribution in [3.05, 3.63) is 53.7 Å². The van der Waals surface area contributed by atoms with Crippen LogP contribution in [0.1, 0.15) is 23.4 Å². The fourth-order valence-electron chi connectivity index (χ4n) is 2.68. The monoisotopic (exact) mass is 368 g/mol. The molecule has 7 nitrogen and oxygen atoms in total. The van der Waals surface area contributed by atoms with Crippen LogP contribution in [0.5, 0.6) is 0 Å². The Labute approximate surface area is 156 Å². The molecule has 1 N–H and O–H groups in total. The highest BCUT2D eigenvalue weighted by molar-refractivity contribution is 7.98. The highest BCUT2D eigenvalue weighted by atomic mass is 32.2. The molecule has 0 aliphatic heterocycles. The van der Waals surface area contributed by atoms with Gasteiger partial charge in [-0.1, -0.05) is 11.8 Å². The summed E-state index contributed by atoms with van der Waals surface area (Å²) in [4.78, 5) is 25.7. The van der Waals surface area contributed by atoms with E-state index in [4.69, 9.17) is 0 Å². The molecule has 134 valence electrons. The van der Waals surface area contributed by atoms with Crippen LogP contribution < -0.4 is 5.32 Å². The number of anilines is 1. The first-order valence-corrected chi connectivity index (χ1v) is 9.44. The molecule has 0 bridgehead atoms. The standard InChI is InChI=1S/C18H20N6OS/c1-12-14(13(2)22-18(21-12)26-3)7-8-16(25)23-15-6-4-9-19-17(15)24-11-5-10-20-24/h4-6,9-11H,7-8H2,1-3H3,(H,23,25). The van der Waals surface area contributed by atoms with Gasteiger partial charge in [-0.2, -0.15) is 5.10 Å². The van der Waals surface area contributed by atoms with Crippen LogP contribution in [-0.2, 0) is 11.2 Å². The Morgan fingerprint density at radius 2 is 1.96 bits per heavy atom. The Morgan fingerprint density at radius 1 is 1.19 bits per heavy atom. The highest BCUT2D eigenvalue weighted by Gasteiger charge is 2.13. The summed E-state index contributed by atoms with van der Waals surface area (Å²) in [7, 11) is 0. The lowest BCUT2D eigenvalue weighted by Gasteiger charge is -2.12. The Hall–Kier alpha value is -2.74. The number of hydrogen-bond acceptors (Lipinski definition) is 6. The van der Waals surface area contributed by atoms with Crippen molar-refractivity contribution in [2.45, 2.75) is 31.8 Å². The average Bonchev–Trinajstić information content (AvgIpc) is 3.15. The molecule has 1 amide bonds. The number of hydrogen-bond donors (Lipinski definition) is 1. The van der Waals surface area contributed by atoms with Gasteiger partial charge in [0, 0.05) is 36.4 Å². The molecule has 3 aromatic heterocycles. The number of thioether (sulfide) groups is 1. The molecule has 0 saturated carbocycles. The molecule has 0 atom stereocenters.